The molecule has 0 spiro atoms. The molecule has 0 fully saturated rings. The van der Waals surface area contributed by atoms with E-state index in [0.29, 0.717) is 23.6 Å². The normalized spacial score (nSPS) is 10.2. The molecule has 0 saturated carbocycles. The fraction of sp³-hybridized carbons (Fsp3) is 0.200. The minimum atomic E-state index is -0.0798. The number of carbonyl (C=O) groups excluding carboxylic acids is 1. The molecule has 0 aliphatic rings. The van der Waals surface area contributed by atoms with Crippen molar-refractivity contribution in [2.75, 3.05) is 6.54 Å². The highest BCUT2D eigenvalue weighted by Crippen LogP contribution is 2.14. The number of hydrogen-bond acceptors (Lipinski definition) is 2. The summed E-state index contributed by atoms with van der Waals surface area (Å²) >= 11 is 6.09. The number of hydrogen-bond donors (Lipinski definition) is 1. The number of halogens is 1. The van der Waals surface area contributed by atoms with Crippen molar-refractivity contribution in [1.82, 2.24) is 10.3 Å². The van der Waals surface area contributed by atoms with E-state index < -0.39 is 0 Å². The number of pyridine rings is 1. The fourth-order valence-electron chi connectivity index (χ4n) is 1.73. The molecule has 4 heteroatoms. The molecule has 1 aromatic carbocycles. The van der Waals surface area contributed by atoms with Crippen molar-refractivity contribution in [2.45, 2.75) is 13.3 Å². The first-order valence-corrected chi connectivity index (χ1v) is 6.49. The Hall–Kier alpha value is -1.87. The van der Waals surface area contributed by atoms with E-state index in [-0.39, 0.29) is 5.91 Å². The Morgan fingerprint density at radius 2 is 2.05 bits per heavy atom. The van der Waals surface area contributed by atoms with Gasteiger partial charge in [-0.2, -0.15) is 0 Å². The lowest BCUT2D eigenvalue weighted by Gasteiger charge is -2.06. The molecule has 0 saturated heterocycles. The van der Waals surface area contributed by atoms with Crippen molar-refractivity contribution in [3.63, 3.8) is 0 Å². The zero-order valence-corrected chi connectivity index (χ0v) is 11.4. The summed E-state index contributed by atoms with van der Waals surface area (Å²) in [4.78, 5) is 16.1. The van der Waals surface area contributed by atoms with Crippen molar-refractivity contribution in [3.05, 3.63) is 64.4 Å². The summed E-state index contributed by atoms with van der Waals surface area (Å²) in [6.07, 6.45) is 2.40. The van der Waals surface area contributed by atoms with E-state index in [0.717, 1.165) is 11.3 Å². The first-order valence-electron chi connectivity index (χ1n) is 6.11. The van der Waals surface area contributed by atoms with Crippen LogP contribution >= 0.6 is 11.6 Å². The Balaban J connectivity index is 1.88. The molecule has 0 unspecified atom stereocenters. The average molecular weight is 275 g/mol. The molecule has 1 amide bonds. The molecule has 1 N–H and O–H groups in total. The van der Waals surface area contributed by atoms with Crippen molar-refractivity contribution >= 4 is 17.5 Å². The van der Waals surface area contributed by atoms with Crippen LogP contribution in [0, 0.1) is 6.92 Å². The van der Waals surface area contributed by atoms with Gasteiger partial charge in [-0.1, -0.05) is 29.8 Å². The smallest absolute Gasteiger partial charge is 0.251 e. The minimum absolute atomic E-state index is 0.0798. The van der Waals surface area contributed by atoms with E-state index in [9.17, 15) is 4.79 Å². The molecule has 1 heterocycles. The summed E-state index contributed by atoms with van der Waals surface area (Å²) in [5.41, 5.74) is 2.49. The lowest BCUT2D eigenvalue weighted by molar-refractivity contribution is 0.0954. The van der Waals surface area contributed by atoms with E-state index in [2.05, 4.69) is 10.3 Å². The highest BCUT2D eigenvalue weighted by Gasteiger charge is 2.05. The summed E-state index contributed by atoms with van der Waals surface area (Å²) in [6, 6.07) is 11.0. The molecule has 0 bridgehead atoms. The Kier molecular flexibility index (Phi) is 4.53. The van der Waals surface area contributed by atoms with Gasteiger partial charge >= 0.3 is 0 Å². The molecule has 19 heavy (non-hydrogen) atoms. The second-order valence-corrected chi connectivity index (χ2v) is 4.72. The first kappa shape index (κ1) is 13.6. The second kappa shape index (κ2) is 6.34. The van der Waals surface area contributed by atoms with Gasteiger partial charge in [0.1, 0.15) is 0 Å². The summed E-state index contributed by atoms with van der Waals surface area (Å²) < 4.78 is 0. The number of carbonyl (C=O) groups is 1. The second-order valence-electron chi connectivity index (χ2n) is 4.31. The van der Waals surface area contributed by atoms with Gasteiger partial charge in [-0.05, 0) is 30.7 Å². The number of benzene rings is 1. The molecule has 98 valence electrons. The van der Waals surface area contributed by atoms with Crippen LogP contribution in [0.1, 0.15) is 21.6 Å². The molecule has 1 aromatic heterocycles. The van der Waals surface area contributed by atoms with Gasteiger partial charge in [-0.3, -0.25) is 9.78 Å². The highest BCUT2D eigenvalue weighted by molar-refractivity contribution is 6.31. The molecular formula is C15H15ClN2O. The van der Waals surface area contributed by atoms with Gasteiger partial charge in [-0.25, -0.2) is 0 Å². The van der Waals surface area contributed by atoms with Crippen LogP contribution in [0.3, 0.4) is 0 Å². The topological polar surface area (TPSA) is 42.0 Å². The zero-order valence-electron chi connectivity index (χ0n) is 10.7. The fourth-order valence-corrected chi connectivity index (χ4v) is 2.05. The van der Waals surface area contributed by atoms with E-state index >= 15 is 0 Å². The van der Waals surface area contributed by atoms with Gasteiger partial charge in [0, 0.05) is 24.7 Å². The number of amides is 1. The van der Waals surface area contributed by atoms with Crippen LogP contribution in [0.4, 0.5) is 0 Å². The third kappa shape index (κ3) is 3.80. The van der Waals surface area contributed by atoms with E-state index in [1.165, 1.54) is 0 Å². The number of nitrogens with zero attached hydrogens (tertiary/aromatic N) is 1. The highest BCUT2D eigenvalue weighted by atomic mass is 35.5. The predicted octanol–water partition coefficient (Wildman–Crippen LogP) is 3.02. The summed E-state index contributed by atoms with van der Waals surface area (Å²) in [5, 5.41) is 3.50. The van der Waals surface area contributed by atoms with Crippen molar-refractivity contribution in [3.8, 4) is 0 Å². The van der Waals surface area contributed by atoms with E-state index in [1.54, 1.807) is 18.3 Å². The summed E-state index contributed by atoms with van der Waals surface area (Å²) in [6.45, 7) is 2.46. The van der Waals surface area contributed by atoms with E-state index in [1.807, 2.05) is 31.2 Å². The first-order chi connectivity index (χ1) is 9.16. The quantitative estimate of drug-likeness (QED) is 0.931. The van der Waals surface area contributed by atoms with Gasteiger partial charge in [0.25, 0.3) is 5.91 Å². The van der Waals surface area contributed by atoms with Crippen LogP contribution < -0.4 is 5.32 Å². The van der Waals surface area contributed by atoms with E-state index in [4.69, 9.17) is 11.6 Å². The number of aryl methyl sites for hydroxylation is 1. The van der Waals surface area contributed by atoms with Crippen molar-refractivity contribution in [1.29, 1.82) is 0 Å². The Bertz CT molecular complexity index is 570. The Morgan fingerprint density at radius 1 is 1.32 bits per heavy atom. The largest absolute Gasteiger partial charge is 0.352 e. The van der Waals surface area contributed by atoms with Gasteiger partial charge in [-0.15, -0.1) is 0 Å². The number of nitrogens with one attached hydrogen (secondary N) is 1. The summed E-state index contributed by atoms with van der Waals surface area (Å²) in [7, 11) is 0. The third-order valence-corrected chi connectivity index (χ3v) is 3.06. The molecule has 0 aliphatic heterocycles. The third-order valence-electron chi connectivity index (χ3n) is 2.74. The van der Waals surface area contributed by atoms with Gasteiger partial charge < -0.3 is 5.32 Å². The molecular weight excluding hydrogens is 260 g/mol. The SMILES string of the molecule is Cc1cnc(CCNC(=O)c2ccccc2)c(Cl)c1. The van der Waals surface area contributed by atoms with Gasteiger partial charge in [0.2, 0.25) is 0 Å². The monoisotopic (exact) mass is 274 g/mol. The van der Waals surface area contributed by atoms with Crippen LogP contribution in [0.5, 0.6) is 0 Å². The van der Waals surface area contributed by atoms with Crippen LogP contribution in [0.2, 0.25) is 5.02 Å². The Labute approximate surface area is 117 Å². The predicted molar refractivity (Wildman–Crippen MR) is 76.5 cm³/mol. The molecule has 3 nitrogen and oxygen atoms in total. The van der Waals surface area contributed by atoms with Crippen LogP contribution in [0.25, 0.3) is 0 Å². The van der Waals surface area contributed by atoms with Crippen molar-refractivity contribution < 1.29 is 4.79 Å². The van der Waals surface area contributed by atoms with Crippen molar-refractivity contribution in [2.24, 2.45) is 0 Å². The summed E-state index contributed by atoms with van der Waals surface area (Å²) in [5.74, 6) is -0.0798. The molecule has 0 aliphatic carbocycles. The zero-order chi connectivity index (χ0) is 13.7. The number of aromatic nitrogens is 1. The minimum Gasteiger partial charge on any atom is -0.352 e. The lowest BCUT2D eigenvalue weighted by atomic mass is 10.2. The average Bonchev–Trinajstić information content (AvgIpc) is 2.42. The molecule has 2 aromatic rings. The molecule has 0 radical (unpaired) electrons. The van der Waals surface area contributed by atoms with Gasteiger partial charge in [0.05, 0.1) is 10.7 Å². The number of rotatable bonds is 4. The maximum absolute atomic E-state index is 11.8. The molecule has 2 rings (SSSR count). The van der Waals surface area contributed by atoms with Crippen LogP contribution in [-0.4, -0.2) is 17.4 Å². The Morgan fingerprint density at radius 3 is 2.74 bits per heavy atom. The maximum atomic E-state index is 11.8. The van der Waals surface area contributed by atoms with Gasteiger partial charge in [0.15, 0.2) is 0 Å². The maximum Gasteiger partial charge on any atom is 0.251 e. The lowest BCUT2D eigenvalue weighted by Crippen LogP contribution is -2.25. The van der Waals surface area contributed by atoms with Crippen LogP contribution in [-0.2, 0) is 6.42 Å². The van der Waals surface area contributed by atoms with Crippen LogP contribution in [0.15, 0.2) is 42.6 Å². The molecule has 0 atom stereocenters. The standard InChI is InChI=1S/C15H15ClN2O/c1-11-9-13(16)14(18-10-11)7-8-17-15(19)12-5-3-2-4-6-12/h2-6,9-10H,7-8H2,1H3,(H,17,19).